The van der Waals surface area contributed by atoms with Gasteiger partial charge in [0.05, 0.1) is 12.1 Å². The molecule has 2 aliphatic rings. The van der Waals surface area contributed by atoms with Crippen LogP contribution in [0.5, 0.6) is 0 Å². The fourth-order valence-corrected chi connectivity index (χ4v) is 4.10. The minimum Gasteiger partial charge on any atom is -0.370 e. The SMILES string of the molecule is CCC(C)CC1(CC)CN=C(N)N1C1CCCCCC1. The van der Waals surface area contributed by atoms with Gasteiger partial charge < -0.3 is 10.6 Å². The van der Waals surface area contributed by atoms with Crippen molar-refractivity contribution in [3.05, 3.63) is 0 Å². The standard InChI is InChI=1S/C17H33N3/c1-4-14(3)12-17(5-2)13-19-16(18)20(17)15-10-8-6-7-9-11-15/h14-15H,4-13H2,1-3H3,(H2,18,19). The number of guanidine groups is 1. The largest absolute Gasteiger partial charge is 0.370 e. The Balaban J connectivity index is 2.17. The Bertz CT molecular complexity index is 331. The second-order valence-electron chi connectivity index (χ2n) is 6.99. The number of hydrogen-bond donors (Lipinski definition) is 1. The third kappa shape index (κ3) is 3.12. The highest BCUT2D eigenvalue weighted by Crippen LogP contribution is 2.37. The Kier molecular flexibility index (Phi) is 5.34. The number of nitrogens with two attached hydrogens (primary N) is 1. The molecule has 0 radical (unpaired) electrons. The van der Waals surface area contributed by atoms with E-state index in [4.69, 9.17) is 5.73 Å². The van der Waals surface area contributed by atoms with Crippen LogP contribution in [0.25, 0.3) is 0 Å². The number of nitrogens with zero attached hydrogens (tertiary/aromatic N) is 2. The highest BCUT2D eigenvalue weighted by atomic mass is 15.4. The molecule has 116 valence electrons. The van der Waals surface area contributed by atoms with Crippen LogP contribution in [0.15, 0.2) is 4.99 Å². The van der Waals surface area contributed by atoms with Crippen molar-refractivity contribution >= 4 is 5.96 Å². The molecular weight excluding hydrogens is 246 g/mol. The van der Waals surface area contributed by atoms with E-state index in [0.717, 1.165) is 24.8 Å². The smallest absolute Gasteiger partial charge is 0.192 e. The molecule has 1 heterocycles. The van der Waals surface area contributed by atoms with E-state index >= 15 is 0 Å². The van der Waals surface area contributed by atoms with Gasteiger partial charge in [0.25, 0.3) is 0 Å². The molecule has 20 heavy (non-hydrogen) atoms. The first-order valence-corrected chi connectivity index (χ1v) is 8.72. The van der Waals surface area contributed by atoms with Gasteiger partial charge in [-0.3, -0.25) is 4.99 Å². The van der Waals surface area contributed by atoms with Crippen LogP contribution in [0.3, 0.4) is 0 Å². The molecule has 2 unspecified atom stereocenters. The van der Waals surface area contributed by atoms with Crippen molar-refractivity contribution in [2.45, 2.75) is 90.1 Å². The highest BCUT2D eigenvalue weighted by molar-refractivity contribution is 5.81. The average molecular weight is 279 g/mol. The highest BCUT2D eigenvalue weighted by Gasteiger charge is 2.44. The monoisotopic (exact) mass is 279 g/mol. The molecule has 1 aliphatic carbocycles. The van der Waals surface area contributed by atoms with Crippen molar-refractivity contribution in [1.82, 2.24) is 4.90 Å². The van der Waals surface area contributed by atoms with Crippen LogP contribution in [0.1, 0.15) is 78.6 Å². The maximum atomic E-state index is 6.31. The van der Waals surface area contributed by atoms with Gasteiger partial charge in [-0.05, 0) is 31.6 Å². The van der Waals surface area contributed by atoms with Gasteiger partial charge in [-0.2, -0.15) is 0 Å². The van der Waals surface area contributed by atoms with Crippen molar-refractivity contribution in [2.75, 3.05) is 6.54 Å². The first kappa shape index (κ1) is 15.7. The Morgan fingerprint density at radius 1 is 1.25 bits per heavy atom. The topological polar surface area (TPSA) is 41.6 Å². The molecule has 1 saturated carbocycles. The minimum atomic E-state index is 0.203. The first-order chi connectivity index (χ1) is 9.63. The van der Waals surface area contributed by atoms with Gasteiger partial charge >= 0.3 is 0 Å². The lowest BCUT2D eigenvalue weighted by molar-refractivity contribution is 0.104. The van der Waals surface area contributed by atoms with E-state index in [9.17, 15) is 0 Å². The van der Waals surface area contributed by atoms with Crippen molar-refractivity contribution in [2.24, 2.45) is 16.6 Å². The molecule has 1 fully saturated rings. The summed E-state index contributed by atoms with van der Waals surface area (Å²) in [6.45, 7) is 7.90. The second-order valence-corrected chi connectivity index (χ2v) is 6.99. The van der Waals surface area contributed by atoms with Crippen molar-refractivity contribution in [1.29, 1.82) is 0 Å². The number of hydrogen-bond acceptors (Lipinski definition) is 3. The summed E-state index contributed by atoms with van der Waals surface area (Å²) in [7, 11) is 0. The van der Waals surface area contributed by atoms with E-state index in [-0.39, 0.29) is 5.54 Å². The third-order valence-electron chi connectivity index (χ3n) is 5.57. The van der Waals surface area contributed by atoms with Gasteiger partial charge in [0.2, 0.25) is 0 Å². The Morgan fingerprint density at radius 3 is 2.45 bits per heavy atom. The molecule has 2 N–H and O–H groups in total. The van der Waals surface area contributed by atoms with Gasteiger partial charge in [0.1, 0.15) is 0 Å². The van der Waals surface area contributed by atoms with Crippen molar-refractivity contribution in [3.8, 4) is 0 Å². The molecule has 2 rings (SSSR count). The maximum absolute atomic E-state index is 6.31. The first-order valence-electron chi connectivity index (χ1n) is 8.72. The van der Waals surface area contributed by atoms with Crippen LogP contribution >= 0.6 is 0 Å². The van der Waals surface area contributed by atoms with Crippen molar-refractivity contribution in [3.63, 3.8) is 0 Å². The minimum absolute atomic E-state index is 0.203. The summed E-state index contributed by atoms with van der Waals surface area (Å²) in [4.78, 5) is 7.20. The van der Waals surface area contributed by atoms with E-state index in [1.807, 2.05) is 0 Å². The molecule has 0 saturated heterocycles. The molecule has 0 spiro atoms. The molecule has 3 nitrogen and oxygen atoms in total. The Hall–Kier alpha value is -0.730. The summed E-state index contributed by atoms with van der Waals surface area (Å²) in [5.74, 6) is 1.58. The molecule has 3 heteroatoms. The molecule has 1 aliphatic heterocycles. The second kappa shape index (κ2) is 6.82. The summed E-state index contributed by atoms with van der Waals surface area (Å²) >= 11 is 0. The predicted molar refractivity (Wildman–Crippen MR) is 86.9 cm³/mol. The lowest BCUT2D eigenvalue weighted by Gasteiger charge is -2.45. The predicted octanol–water partition coefficient (Wildman–Crippen LogP) is 3.92. The summed E-state index contributed by atoms with van der Waals surface area (Å²) < 4.78 is 0. The van der Waals surface area contributed by atoms with E-state index < -0.39 is 0 Å². The molecule has 0 aromatic rings. The van der Waals surface area contributed by atoms with Crippen LogP contribution < -0.4 is 5.73 Å². The van der Waals surface area contributed by atoms with Crippen LogP contribution in [-0.4, -0.2) is 29.0 Å². The lowest BCUT2D eigenvalue weighted by atomic mass is 9.82. The van der Waals surface area contributed by atoms with Crippen LogP contribution in [0.2, 0.25) is 0 Å². The van der Waals surface area contributed by atoms with Gasteiger partial charge in [0, 0.05) is 6.04 Å². The van der Waals surface area contributed by atoms with E-state index in [1.54, 1.807) is 0 Å². The quantitative estimate of drug-likeness (QED) is 0.775. The third-order valence-corrected chi connectivity index (χ3v) is 5.57. The average Bonchev–Trinajstić information content (AvgIpc) is 2.65. The van der Waals surface area contributed by atoms with E-state index in [2.05, 4.69) is 30.7 Å². The summed E-state index contributed by atoms with van der Waals surface area (Å²) in [5, 5.41) is 0. The van der Waals surface area contributed by atoms with Gasteiger partial charge in [-0.15, -0.1) is 0 Å². The Morgan fingerprint density at radius 2 is 1.90 bits per heavy atom. The van der Waals surface area contributed by atoms with E-state index in [0.29, 0.717) is 6.04 Å². The zero-order valence-electron chi connectivity index (χ0n) is 13.7. The van der Waals surface area contributed by atoms with Gasteiger partial charge in [-0.25, -0.2) is 0 Å². The fourth-order valence-electron chi connectivity index (χ4n) is 4.10. The summed E-state index contributed by atoms with van der Waals surface area (Å²) in [5.41, 5.74) is 6.51. The number of aliphatic imine (C=N–C) groups is 1. The van der Waals surface area contributed by atoms with E-state index in [1.165, 1.54) is 51.4 Å². The molecule has 2 atom stereocenters. The zero-order valence-corrected chi connectivity index (χ0v) is 13.7. The molecule has 0 bridgehead atoms. The van der Waals surface area contributed by atoms with Gasteiger partial charge in [-0.1, -0.05) is 52.9 Å². The fraction of sp³-hybridized carbons (Fsp3) is 0.941. The van der Waals surface area contributed by atoms with Crippen LogP contribution in [0, 0.1) is 5.92 Å². The Labute approximate surface area is 125 Å². The van der Waals surface area contributed by atoms with Gasteiger partial charge in [0.15, 0.2) is 5.96 Å². The molecule has 0 amide bonds. The zero-order chi connectivity index (χ0) is 14.6. The van der Waals surface area contributed by atoms with Crippen molar-refractivity contribution < 1.29 is 0 Å². The van der Waals surface area contributed by atoms with Crippen LogP contribution in [-0.2, 0) is 0 Å². The molecular formula is C17H33N3. The normalized spacial score (nSPS) is 30.1. The lowest BCUT2D eigenvalue weighted by Crippen LogP contribution is -2.56. The maximum Gasteiger partial charge on any atom is 0.192 e. The van der Waals surface area contributed by atoms with Crippen LogP contribution in [0.4, 0.5) is 0 Å². The molecule has 0 aromatic heterocycles. The summed E-state index contributed by atoms with van der Waals surface area (Å²) in [6, 6.07) is 0.632. The summed E-state index contributed by atoms with van der Waals surface area (Å²) in [6.07, 6.45) is 11.8. The number of rotatable bonds is 5. The molecule has 0 aromatic carbocycles.